The summed E-state index contributed by atoms with van der Waals surface area (Å²) in [5.41, 5.74) is 3.68. The maximum Gasteiger partial charge on any atom is 0.416 e. The molecule has 2 atom stereocenters. The number of benzene rings is 2. The van der Waals surface area contributed by atoms with Gasteiger partial charge in [0.15, 0.2) is 0 Å². The maximum absolute atomic E-state index is 13.3. The van der Waals surface area contributed by atoms with E-state index in [1.165, 1.54) is 12.1 Å². The van der Waals surface area contributed by atoms with Crippen LogP contribution in [0.5, 0.6) is 5.75 Å². The quantitative estimate of drug-likeness (QED) is 0.494. The Labute approximate surface area is 167 Å². The lowest BCUT2D eigenvalue weighted by Crippen LogP contribution is -2.20. The maximum atomic E-state index is 13.3. The summed E-state index contributed by atoms with van der Waals surface area (Å²) in [5, 5.41) is 0. The Morgan fingerprint density at radius 3 is 2.69 bits per heavy atom. The van der Waals surface area contributed by atoms with Crippen molar-refractivity contribution in [3.63, 3.8) is 0 Å². The number of hydrogen-bond acceptors (Lipinski definition) is 3. The zero-order valence-electron chi connectivity index (χ0n) is 16.2. The summed E-state index contributed by atoms with van der Waals surface area (Å²) >= 11 is 0. The first kappa shape index (κ1) is 19.6. The van der Waals surface area contributed by atoms with E-state index < -0.39 is 17.8 Å². The molecule has 2 aromatic carbocycles. The van der Waals surface area contributed by atoms with Gasteiger partial charge in [0.25, 0.3) is 0 Å². The predicted molar refractivity (Wildman–Crippen MR) is 101 cm³/mol. The second-order valence-corrected chi connectivity index (χ2v) is 7.65. The van der Waals surface area contributed by atoms with Gasteiger partial charge in [0.1, 0.15) is 18.5 Å². The third kappa shape index (κ3) is 3.30. The fourth-order valence-corrected chi connectivity index (χ4v) is 4.40. The first-order valence-electron chi connectivity index (χ1n) is 9.49. The number of hydrogen-bond donors (Lipinski definition) is 0. The minimum atomic E-state index is -4.44. The van der Waals surface area contributed by atoms with Gasteiger partial charge < -0.3 is 9.47 Å². The molecule has 0 N–H and O–H groups in total. The standard InChI is InChI=1S/C23H21F3O3/c1-12-10-19(28-11-15-6-4-5-7-18(15)23(24,25)26)14(3)20-16(12)8-9-17-13(2)22(27)29-21(17)20/h4-7,10,17,21H,2,8-9,11H2,1,3H3/t17-,21+/m0/s1. The van der Waals surface area contributed by atoms with E-state index in [9.17, 15) is 18.0 Å². The van der Waals surface area contributed by atoms with Crippen LogP contribution in [-0.4, -0.2) is 5.97 Å². The molecule has 6 heteroatoms. The van der Waals surface area contributed by atoms with Gasteiger partial charge in [-0.1, -0.05) is 24.8 Å². The minimum Gasteiger partial charge on any atom is -0.489 e. The summed E-state index contributed by atoms with van der Waals surface area (Å²) in [4.78, 5) is 12.0. The summed E-state index contributed by atoms with van der Waals surface area (Å²) in [6.07, 6.45) is -3.24. The molecule has 1 heterocycles. The van der Waals surface area contributed by atoms with Crippen LogP contribution < -0.4 is 4.74 Å². The lowest BCUT2D eigenvalue weighted by Gasteiger charge is -2.30. The average molecular weight is 402 g/mol. The molecule has 2 aliphatic rings. The highest BCUT2D eigenvalue weighted by atomic mass is 19.4. The second kappa shape index (κ2) is 6.94. The van der Waals surface area contributed by atoms with Crippen molar-refractivity contribution in [2.24, 2.45) is 5.92 Å². The Hall–Kier alpha value is -2.76. The van der Waals surface area contributed by atoms with E-state index >= 15 is 0 Å². The zero-order valence-corrected chi connectivity index (χ0v) is 16.2. The van der Waals surface area contributed by atoms with Crippen molar-refractivity contribution in [1.29, 1.82) is 0 Å². The molecule has 0 aromatic heterocycles. The molecule has 4 rings (SSSR count). The molecule has 0 radical (unpaired) electrons. The van der Waals surface area contributed by atoms with Crippen molar-refractivity contribution in [3.8, 4) is 5.75 Å². The smallest absolute Gasteiger partial charge is 0.416 e. The number of fused-ring (bicyclic) bond motifs is 3. The van der Waals surface area contributed by atoms with Crippen LogP contribution in [0.15, 0.2) is 42.5 Å². The SMILES string of the molecule is C=C1C(=O)O[C@H]2c3c(C)c(OCc4ccccc4C(F)(F)F)cc(C)c3CC[C@@H]12. The lowest BCUT2D eigenvalue weighted by atomic mass is 9.76. The van der Waals surface area contributed by atoms with Gasteiger partial charge in [-0.3, -0.25) is 0 Å². The average Bonchev–Trinajstić information content (AvgIpc) is 2.96. The largest absolute Gasteiger partial charge is 0.489 e. The molecule has 29 heavy (non-hydrogen) atoms. The molecular formula is C23H21F3O3. The molecule has 2 aromatic rings. The first-order valence-corrected chi connectivity index (χ1v) is 9.49. The molecule has 1 aliphatic heterocycles. The molecule has 1 fully saturated rings. The van der Waals surface area contributed by atoms with Crippen LogP contribution >= 0.6 is 0 Å². The van der Waals surface area contributed by atoms with Crippen molar-refractivity contribution in [3.05, 3.63) is 75.9 Å². The topological polar surface area (TPSA) is 35.5 Å². The Morgan fingerprint density at radius 2 is 1.97 bits per heavy atom. The van der Waals surface area contributed by atoms with Crippen molar-refractivity contribution < 1.29 is 27.4 Å². The Morgan fingerprint density at radius 1 is 1.24 bits per heavy atom. The van der Waals surface area contributed by atoms with E-state index in [1.54, 1.807) is 6.07 Å². The van der Waals surface area contributed by atoms with Crippen LogP contribution in [0.4, 0.5) is 13.2 Å². The highest BCUT2D eigenvalue weighted by Crippen LogP contribution is 2.49. The normalized spacial score (nSPS) is 20.9. The number of carbonyl (C=O) groups excluding carboxylic acids is 1. The van der Waals surface area contributed by atoms with Gasteiger partial charge >= 0.3 is 12.1 Å². The molecule has 1 saturated heterocycles. The third-order valence-electron chi connectivity index (χ3n) is 5.93. The van der Waals surface area contributed by atoms with E-state index in [4.69, 9.17) is 9.47 Å². The summed E-state index contributed by atoms with van der Waals surface area (Å²) in [7, 11) is 0. The highest BCUT2D eigenvalue weighted by molar-refractivity contribution is 5.91. The Kier molecular flexibility index (Phi) is 4.68. The molecule has 0 amide bonds. The van der Waals surface area contributed by atoms with Crippen LogP contribution in [-0.2, 0) is 28.7 Å². The summed E-state index contributed by atoms with van der Waals surface area (Å²) in [5.74, 6) is 0.0667. The third-order valence-corrected chi connectivity index (χ3v) is 5.93. The van der Waals surface area contributed by atoms with E-state index in [-0.39, 0.29) is 24.1 Å². The lowest BCUT2D eigenvalue weighted by molar-refractivity contribution is -0.140. The van der Waals surface area contributed by atoms with Crippen molar-refractivity contribution in [1.82, 2.24) is 0 Å². The van der Waals surface area contributed by atoms with Crippen molar-refractivity contribution in [2.75, 3.05) is 0 Å². The van der Waals surface area contributed by atoms with Crippen LogP contribution in [0.2, 0.25) is 0 Å². The summed E-state index contributed by atoms with van der Waals surface area (Å²) in [6, 6.07) is 7.26. The molecule has 0 saturated carbocycles. The highest BCUT2D eigenvalue weighted by Gasteiger charge is 2.44. The number of esters is 1. The number of alkyl halides is 3. The Bertz CT molecular complexity index is 1010. The van der Waals surface area contributed by atoms with Gasteiger partial charge in [-0.05, 0) is 55.5 Å². The van der Waals surface area contributed by atoms with Gasteiger partial charge in [0.05, 0.1) is 5.56 Å². The van der Waals surface area contributed by atoms with Crippen LogP contribution in [0, 0.1) is 19.8 Å². The van der Waals surface area contributed by atoms with E-state index in [0.717, 1.165) is 41.2 Å². The van der Waals surface area contributed by atoms with Crippen molar-refractivity contribution >= 4 is 5.97 Å². The number of carbonyl (C=O) groups is 1. The Balaban J connectivity index is 1.68. The molecule has 0 spiro atoms. The molecule has 1 aliphatic carbocycles. The van der Waals surface area contributed by atoms with Crippen LogP contribution in [0.1, 0.15) is 45.9 Å². The van der Waals surface area contributed by atoms with Gasteiger partial charge in [-0.2, -0.15) is 13.2 Å². The van der Waals surface area contributed by atoms with Crippen LogP contribution in [0.3, 0.4) is 0 Å². The molecular weight excluding hydrogens is 381 g/mol. The monoisotopic (exact) mass is 402 g/mol. The van der Waals surface area contributed by atoms with Gasteiger partial charge in [0, 0.05) is 22.6 Å². The molecule has 0 bridgehead atoms. The van der Waals surface area contributed by atoms with E-state index in [2.05, 4.69) is 6.58 Å². The van der Waals surface area contributed by atoms with Gasteiger partial charge in [0.2, 0.25) is 0 Å². The van der Waals surface area contributed by atoms with Crippen molar-refractivity contribution in [2.45, 2.75) is 45.6 Å². The van der Waals surface area contributed by atoms with Gasteiger partial charge in [-0.15, -0.1) is 0 Å². The molecule has 3 nitrogen and oxygen atoms in total. The summed E-state index contributed by atoms with van der Waals surface area (Å²) in [6.45, 7) is 7.47. The van der Waals surface area contributed by atoms with E-state index in [1.807, 2.05) is 19.9 Å². The summed E-state index contributed by atoms with van der Waals surface area (Å²) < 4.78 is 51.2. The number of aryl methyl sites for hydroxylation is 1. The van der Waals surface area contributed by atoms with Crippen LogP contribution in [0.25, 0.3) is 0 Å². The fourth-order valence-electron chi connectivity index (χ4n) is 4.40. The van der Waals surface area contributed by atoms with E-state index in [0.29, 0.717) is 11.3 Å². The second-order valence-electron chi connectivity index (χ2n) is 7.65. The van der Waals surface area contributed by atoms with Gasteiger partial charge in [-0.25, -0.2) is 4.79 Å². The first-order chi connectivity index (χ1) is 13.7. The predicted octanol–water partition coefficient (Wildman–Crippen LogP) is 5.62. The number of halogens is 3. The number of rotatable bonds is 3. The molecule has 152 valence electrons. The number of ether oxygens (including phenoxy) is 2. The molecule has 0 unspecified atom stereocenters. The minimum absolute atomic E-state index is 0.0608. The fraction of sp³-hybridized carbons (Fsp3) is 0.348. The zero-order chi connectivity index (χ0) is 20.9.